The third kappa shape index (κ3) is 4.47. The molecule has 180 valence electrons. The SMILES string of the molecule is Cl.Cl.O=C(OCC1c2ccccc2-c2ccccc21)N1CCNCC1c1ccnc2ccccc12. The number of hydrogen-bond acceptors (Lipinski definition) is 4. The van der Waals surface area contributed by atoms with E-state index in [4.69, 9.17) is 4.74 Å². The summed E-state index contributed by atoms with van der Waals surface area (Å²) < 4.78 is 5.99. The van der Waals surface area contributed by atoms with Crippen molar-refractivity contribution in [2.45, 2.75) is 12.0 Å². The van der Waals surface area contributed by atoms with Crippen LogP contribution in [0.25, 0.3) is 22.0 Å². The second kappa shape index (κ2) is 10.6. The van der Waals surface area contributed by atoms with Gasteiger partial charge in [0.2, 0.25) is 0 Å². The summed E-state index contributed by atoms with van der Waals surface area (Å²) >= 11 is 0. The van der Waals surface area contributed by atoms with Crippen LogP contribution in [0.2, 0.25) is 0 Å². The number of aromatic nitrogens is 1. The van der Waals surface area contributed by atoms with Gasteiger partial charge in [0.15, 0.2) is 0 Å². The van der Waals surface area contributed by atoms with Gasteiger partial charge in [-0.15, -0.1) is 24.8 Å². The second-order valence-electron chi connectivity index (χ2n) is 8.63. The fourth-order valence-electron chi connectivity index (χ4n) is 5.29. The fourth-order valence-corrected chi connectivity index (χ4v) is 5.29. The van der Waals surface area contributed by atoms with E-state index < -0.39 is 0 Å². The summed E-state index contributed by atoms with van der Waals surface area (Å²) in [6, 6.07) is 26.8. The van der Waals surface area contributed by atoms with Crippen LogP contribution in [0.1, 0.15) is 28.7 Å². The molecule has 5 nitrogen and oxygen atoms in total. The first kappa shape index (κ1) is 25.0. The van der Waals surface area contributed by atoms with E-state index in [1.54, 1.807) is 0 Å². The maximum atomic E-state index is 13.4. The summed E-state index contributed by atoms with van der Waals surface area (Å²) in [5.74, 6) is 0.0597. The Kier molecular flexibility index (Phi) is 7.60. The number of piperazine rings is 1. The summed E-state index contributed by atoms with van der Waals surface area (Å²) in [4.78, 5) is 19.7. The number of rotatable bonds is 3. The zero-order chi connectivity index (χ0) is 22.2. The van der Waals surface area contributed by atoms with Crippen molar-refractivity contribution in [3.8, 4) is 11.1 Å². The Bertz CT molecular complexity index is 1300. The van der Waals surface area contributed by atoms with Gasteiger partial charge in [-0.25, -0.2) is 4.79 Å². The number of hydrogen-bond donors (Lipinski definition) is 1. The lowest BCUT2D eigenvalue weighted by Gasteiger charge is -2.36. The van der Waals surface area contributed by atoms with Crippen LogP contribution in [0.4, 0.5) is 4.79 Å². The van der Waals surface area contributed by atoms with E-state index in [2.05, 4.69) is 64.9 Å². The lowest BCUT2D eigenvalue weighted by Crippen LogP contribution is -2.49. The molecule has 7 heteroatoms. The Morgan fingerprint density at radius 1 is 0.886 bits per heavy atom. The summed E-state index contributed by atoms with van der Waals surface area (Å²) in [6.45, 7) is 2.39. The van der Waals surface area contributed by atoms with Crippen molar-refractivity contribution in [3.05, 3.63) is 102 Å². The molecule has 1 amide bonds. The number of halogens is 2. The topological polar surface area (TPSA) is 54.5 Å². The summed E-state index contributed by atoms with van der Waals surface area (Å²) in [7, 11) is 0. The smallest absolute Gasteiger partial charge is 0.410 e. The minimum atomic E-state index is -0.260. The predicted molar refractivity (Wildman–Crippen MR) is 144 cm³/mol. The van der Waals surface area contributed by atoms with E-state index in [0.29, 0.717) is 19.7 Å². The van der Waals surface area contributed by atoms with Gasteiger partial charge in [0, 0.05) is 37.1 Å². The number of nitrogens with zero attached hydrogens (tertiary/aromatic N) is 2. The maximum absolute atomic E-state index is 13.4. The van der Waals surface area contributed by atoms with Crippen molar-refractivity contribution in [2.75, 3.05) is 26.2 Å². The van der Waals surface area contributed by atoms with Crippen LogP contribution >= 0.6 is 24.8 Å². The number of para-hydroxylation sites is 1. The molecule has 2 aliphatic rings. The molecule has 2 heterocycles. The fraction of sp³-hybridized carbons (Fsp3) is 0.214. The molecule has 35 heavy (non-hydrogen) atoms. The zero-order valence-corrected chi connectivity index (χ0v) is 20.7. The number of fused-ring (bicyclic) bond motifs is 4. The minimum absolute atomic E-state index is 0. The Morgan fingerprint density at radius 2 is 1.54 bits per heavy atom. The first-order valence-electron chi connectivity index (χ1n) is 11.5. The normalized spacial score (nSPS) is 16.6. The molecule has 1 atom stereocenters. The third-order valence-corrected chi connectivity index (χ3v) is 6.86. The van der Waals surface area contributed by atoms with Crippen LogP contribution in [-0.2, 0) is 4.74 Å². The van der Waals surface area contributed by atoms with Gasteiger partial charge < -0.3 is 10.1 Å². The second-order valence-corrected chi connectivity index (χ2v) is 8.63. The highest BCUT2D eigenvalue weighted by molar-refractivity contribution is 5.86. The molecule has 1 N–H and O–H groups in total. The highest BCUT2D eigenvalue weighted by Gasteiger charge is 2.33. The average Bonchev–Trinajstić information content (AvgIpc) is 3.20. The number of benzene rings is 3. The quantitative estimate of drug-likeness (QED) is 0.370. The molecular formula is C28H27Cl2N3O2. The van der Waals surface area contributed by atoms with Crippen molar-refractivity contribution in [1.82, 2.24) is 15.2 Å². The van der Waals surface area contributed by atoms with Crippen molar-refractivity contribution in [2.24, 2.45) is 0 Å². The highest BCUT2D eigenvalue weighted by atomic mass is 35.5. The summed E-state index contributed by atoms with van der Waals surface area (Å²) in [5.41, 5.74) is 6.95. The van der Waals surface area contributed by atoms with E-state index >= 15 is 0 Å². The van der Waals surface area contributed by atoms with Crippen molar-refractivity contribution < 1.29 is 9.53 Å². The van der Waals surface area contributed by atoms with E-state index in [1.165, 1.54) is 22.3 Å². The van der Waals surface area contributed by atoms with E-state index in [9.17, 15) is 4.79 Å². The molecule has 1 aliphatic heterocycles. The third-order valence-electron chi connectivity index (χ3n) is 6.86. The molecule has 1 saturated heterocycles. The number of nitrogens with one attached hydrogen (secondary N) is 1. The Hall–Kier alpha value is -3.12. The standard InChI is InChI=1S/C28H25N3O2.2ClH/c32-28(33-18-25-21-9-3-1-7-19(21)20-8-2-4-10-22(20)25)31-16-15-29-17-27(31)24-13-14-30-26-12-6-5-11-23(24)26;;/h1-14,25,27,29H,15-18H2;2*1H. The largest absolute Gasteiger partial charge is 0.448 e. The Balaban J connectivity index is 0.00000144. The van der Waals surface area contributed by atoms with Gasteiger partial charge in [-0.05, 0) is 39.9 Å². The van der Waals surface area contributed by atoms with Crippen LogP contribution < -0.4 is 5.32 Å². The molecule has 1 aliphatic carbocycles. The molecule has 0 radical (unpaired) electrons. The molecule has 0 spiro atoms. The number of amides is 1. The Morgan fingerprint density at radius 3 is 2.29 bits per heavy atom. The monoisotopic (exact) mass is 507 g/mol. The van der Waals surface area contributed by atoms with Crippen LogP contribution in [0.15, 0.2) is 85.1 Å². The lowest BCUT2D eigenvalue weighted by molar-refractivity contribution is 0.0755. The van der Waals surface area contributed by atoms with Gasteiger partial charge >= 0.3 is 6.09 Å². The van der Waals surface area contributed by atoms with Gasteiger partial charge in [-0.1, -0.05) is 66.7 Å². The van der Waals surface area contributed by atoms with E-state index in [-0.39, 0.29) is 42.9 Å². The minimum Gasteiger partial charge on any atom is -0.448 e. The van der Waals surface area contributed by atoms with Crippen molar-refractivity contribution >= 4 is 41.8 Å². The Labute approximate surface area is 217 Å². The van der Waals surface area contributed by atoms with Crippen LogP contribution in [-0.4, -0.2) is 42.2 Å². The molecule has 1 unspecified atom stereocenters. The maximum Gasteiger partial charge on any atom is 0.410 e. The molecule has 4 aromatic rings. The molecule has 1 aromatic heterocycles. The van der Waals surface area contributed by atoms with Crippen LogP contribution in [0.5, 0.6) is 0 Å². The average molecular weight is 508 g/mol. The number of pyridine rings is 1. The molecule has 6 rings (SSSR count). The zero-order valence-electron chi connectivity index (χ0n) is 19.1. The first-order valence-corrected chi connectivity index (χ1v) is 11.5. The summed E-state index contributed by atoms with van der Waals surface area (Å²) in [5, 5.41) is 4.51. The molecule has 3 aromatic carbocycles. The highest BCUT2D eigenvalue weighted by Crippen LogP contribution is 2.44. The number of ether oxygens (including phenoxy) is 1. The molecule has 0 bridgehead atoms. The van der Waals surface area contributed by atoms with Gasteiger partial charge in [0.05, 0.1) is 11.6 Å². The molecule has 0 saturated carbocycles. The van der Waals surface area contributed by atoms with Crippen LogP contribution in [0, 0.1) is 0 Å². The first-order chi connectivity index (χ1) is 16.3. The molecular weight excluding hydrogens is 481 g/mol. The molecule has 1 fully saturated rings. The number of carbonyl (C=O) groups excluding carboxylic acids is 1. The van der Waals surface area contributed by atoms with Gasteiger partial charge in [0.1, 0.15) is 6.61 Å². The summed E-state index contributed by atoms with van der Waals surface area (Å²) in [6.07, 6.45) is 1.56. The van der Waals surface area contributed by atoms with E-state index in [1.807, 2.05) is 35.4 Å². The number of carbonyl (C=O) groups is 1. The van der Waals surface area contributed by atoms with Gasteiger partial charge in [-0.3, -0.25) is 9.88 Å². The van der Waals surface area contributed by atoms with Crippen molar-refractivity contribution in [1.29, 1.82) is 0 Å². The van der Waals surface area contributed by atoms with E-state index in [0.717, 1.165) is 23.0 Å². The van der Waals surface area contributed by atoms with Gasteiger partial charge in [-0.2, -0.15) is 0 Å². The predicted octanol–water partition coefficient (Wildman–Crippen LogP) is 5.97. The van der Waals surface area contributed by atoms with Gasteiger partial charge in [0.25, 0.3) is 0 Å². The lowest BCUT2D eigenvalue weighted by atomic mass is 9.98. The van der Waals surface area contributed by atoms with Crippen molar-refractivity contribution in [3.63, 3.8) is 0 Å². The van der Waals surface area contributed by atoms with Crippen LogP contribution in [0.3, 0.4) is 0 Å².